The number of aliphatic hydroxyl groups excluding tert-OH is 1. The molecule has 10 nitrogen and oxygen atoms in total. The molecule has 7 N–H and O–H groups in total. The number of carbonyl (C=O) groups is 4. The third-order valence-electron chi connectivity index (χ3n) is 2.61. The van der Waals surface area contributed by atoms with Gasteiger partial charge in [0.05, 0.1) is 6.61 Å². The molecule has 3 atom stereocenters. The SMILES string of the molecule is N[C@@H](CO)C(=O)N[C@@H](CCC(=O)O)C(=O)N[C@@H](CS)C(=O)O. The van der Waals surface area contributed by atoms with Gasteiger partial charge in [-0.05, 0) is 6.42 Å². The number of carbonyl (C=O) groups excluding carboxylic acids is 2. The van der Waals surface area contributed by atoms with E-state index in [0.717, 1.165) is 0 Å². The number of hydrogen-bond donors (Lipinski definition) is 7. The van der Waals surface area contributed by atoms with Crippen molar-refractivity contribution in [1.29, 1.82) is 0 Å². The summed E-state index contributed by atoms with van der Waals surface area (Å²) in [6.07, 6.45) is -0.685. The Hall–Kier alpha value is -1.85. The second-order valence-corrected chi connectivity index (χ2v) is 4.73. The zero-order valence-corrected chi connectivity index (χ0v) is 12.5. The summed E-state index contributed by atoms with van der Waals surface area (Å²) in [6, 6.07) is -3.85. The summed E-state index contributed by atoms with van der Waals surface area (Å²) in [7, 11) is 0. The molecule has 0 aromatic heterocycles. The zero-order valence-electron chi connectivity index (χ0n) is 11.6. The largest absolute Gasteiger partial charge is 0.481 e. The predicted octanol–water partition coefficient (Wildman–Crippen LogP) is -2.85. The Morgan fingerprint density at radius 3 is 2.00 bits per heavy atom. The lowest BCUT2D eigenvalue weighted by Crippen LogP contribution is -2.55. The molecule has 0 saturated carbocycles. The van der Waals surface area contributed by atoms with Crippen LogP contribution in [0.5, 0.6) is 0 Å². The number of nitrogens with two attached hydrogens (primary N) is 1. The van der Waals surface area contributed by atoms with Gasteiger partial charge in [0, 0.05) is 12.2 Å². The van der Waals surface area contributed by atoms with Gasteiger partial charge in [-0.3, -0.25) is 14.4 Å². The van der Waals surface area contributed by atoms with Crippen LogP contribution in [0.4, 0.5) is 0 Å². The summed E-state index contributed by atoms with van der Waals surface area (Å²) >= 11 is 3.77. The Bertz CT molecular complexity index is 432. The van der Waals surface area contributed by atoms with Crippen molar-refractivity contribution in [2.24, 2.45) is 5.73 Å². The topological polar surface area (TPSA) is 179 Å². The molecule has 0 aliphatic heterocycles. The molecule has 0 bridgehead atoms. The smallest absolute Gasteiger partial charge is 0.327 e. The van der Waals surface area contributed by atoms with E-state index in [1.807, 2.05) is 0 Å². The first-order valence-electron chi connectivity index (χ1n) is 6.25. The van der Waals surface area contributed by atoms with E-state index < -0.39 is 54.9 Å². The maximum Gasteiger partial charge on any atom is 0.327 e. The molecule has 0 heterocycles. The van der Waals surface area contributed by atoms with Crippen LogP contribution in [-0.2, 0) is 19.2 Å². The van der Waals surface area contributed by atoms with Crippen molar-refractivity contribution in [1.82, 2.24) is 10.6 Å². The van der Waals surface area contributed by atoms with Crippen molar-refractivity contribution in [3.63, 3.8) is 0 Å². The Morgan fingerprint density at radius 2 is 1.59 bits per heavy atom. The molecule has 0 aromatic rings. The van der Waals surface area contributed by atoms with Gasteiger partial charge in [0.15, 0.2) is 0 Å². The fourth-order valence-electron chi connectivity index (χ4n) is 1.36. The first kappa shape index (κ1) is 20.1. The summed E-state index contributed by atoms with van der Waals surface area (Å²) in [5.41, 5.74) is 5.28. The van der Waals surface area contributed by atoms with Gasteiger partial charge in [0.1, 0.15) is 18.1 Å². The van der Waals surface area contributed by atoms with Crippen LogP contribution < -0.4 is 16.4 Å². The third-order valence-corrected chi connectivity index (χ3v) is 2.98. The van der Waals surface area contributed by atoms with E-state index in [-0.39, 0.29) is 12.2 Å². The highest BCUT2D eigenvalue weighted by molar-refractivity contribution is 7.80. The zero-order chi connectivity index (χ0) is 17.3. The molecule has 2 amide bonds. The van der Waals surface area contributed by atoms with Crippen LogP contribution in [0.3, 0.4) is 0 Å². The number of thiol groups is 1. The highest BCUT2D eigenvalue weighted by Crippen LogP contribution is 2.01. The monoisotopic (exact) mass is 337 g/mol. The normalized spacial score (nSPS) is 14.5. The number of aliphatic hydroxyl groups is 1. The van der Waals surface area contributed by atoms with Crippen molar-refractivity contribution in [3.8, 4) is 0 Å². The summed E-state index contributed by atoms with van der Waals surface area (Å²) in [5.74, 6) is -4.43. The number of carboxylic acids is 2. The van der Waals surface area contributed by atoms with E-state index >= 15 is 0 Å². The lowest BCUT2D eigenvalue weighted by Gasteiger charge is -2.21. The number of aliphatic carboxylic acids is 2. The van der Waals surface area contributed by atoms with Gasteiger partial charge in [-0.15, -0.1) is 0 Å². The lowest BCUT2D eigenvalue weighted by molar-refractivity contribution is -0.142. The van der Waals surface area contributed by atoms with Gasteiger partial charge in [-0.1, -0.05) is 0 Å². The van der Waals surface area contributed by atoms with Gasteiger partial charge in [0.2, 0.25) is 11.8 Å². The van der Waals surface area contributed by atoms with Gasteiger partial charge < -0.3 is 31.7 Å². The Labute approximate surface area is 131 Å². The van der Waals surface area contributed by atoms with E-state index in [1.165, 1.54) is 0 Å². The number of carboxylic acid groups (broad SMARTS) is 2. The molecule has 0 saturated heterocycles. The quantitative estimate of drug-likeness (QED) is 0.208. The fraction of sp³-hybridized carbons (Fsp3) is 0.636. The Kier molecular flexibility index (Phi) is 9.13. The van der Waals surface area contributed by atoms with E-state index in [4.69, 9.17) is 21.1 Å². The lowest BCUT2D eigenvalue weighted by atomic mass is 10.1. The maximum atomic E-state index is 12.0. The van der Waals surface area contributed by atoms with Crippen LogP contribution in [0.1, 0.15) is 12.8 Å². The first-order chi connectivity index (χ1) is 10.2. The molecular weight excluding hydrogens is 318 g/mol. The molecule has 22 heavy (non-hydrogen) atoms. The minimum atomic E-state index is -1.32. The minimum Gasteiger partial charge on any atom is -0.481 e. The Balaban J connectivity index is 4.89. The van der Waals surface area contributed by atoms with Crippen LogP contribution in [-0.4, -0.2) is 69.6 Å². The number of hydrogen-bond acceptors (Lipinski definition) is 7. The molecule has 0 fully saturated rings. The average Bonchev–Trinajstić information content (AvgIpc) is 2.46. The highest BCUT2D eigenvalue weighted by Gasteiger charge is 2.27. The van der Waals surface area contributed by atoms with Crippen molar-refractivity contribution < 1.29 is 34.5 Å². The first-order valence-corrected chi connectivity index (χ1v) is 6.88. The van der Waals surface area contributed by atoms with Gasteiger partial charge >= 0.3 is 11.9 Å². The molecule has 126 valence electrons. The summed E-state index contributed by atoms with van der Waals surface area (Å²) < 4.78 is 0. The van der Waals surface area contributed by atoms with Gasteiger partial charge in [-0.2, -0.15) is 12.6 Å². The third kappa shape index (κ3) is 7.24. The molecule has 0 rings (SSSR count). The van der Waals surface area contributed by atoms with Gasteiger partial charge in [0.25, 0.3) is 0 Å². The summed E-state index contributed by atoms with van der Waals surface area (Å²) in [5, 5.41) is 30.5. The average molecular weight is 337 g/mol. The Morgan fingerprint density at radius 1 is 1.05 bits per heavy atom. The van der Waals surface area contributed by atoms with Crippen LogP contribution >= 0.6 is 12.6 Å². The molecule has 0 radical (unpaired) electrons. The number of rotatable bonds is 10. The molecular formula is C11H19N3O7S. The molecule has 0 aromatic carbocycles. The molecule has 11 heteroatoms. The summed E-state index contributed by atoms with van der Waals surface area (Å²) in [6.45, 7) is -0.659. The van der Waals surface area contributed by atoms with Crippen molar-refractivity contribution >= 4 is 36.4 Å². The maximum absolute atomic E-state index is 12.0. The van der Waals surface area contributed by atoms with E-state index in [2.05, 4.69) is 23.3 Å². The molecule has 0 aliphatic carbocycles. The van der Waals surface area contributed by atoms with Crippen LogP contribution in [0, 0.1) is 0 Å². The highest BCUT2D eigenvalue weighted by atomic mass is 32.1. The van der Waals surface area contributed by atoms with Crippen LogP contribution in [0.15, 0.2) is 0 Å². The van der Waals surface area contributed by atoms with Crippen LogP contribution in [0.2, 0.25) is 0 Å². The van der Waals surface area contributed by atoms with E-state index in [0.29, 0.717) is 0 Å². The molecule has 0 unspecified atom stereocenters. The molecule has 0 aliphatic rings. The number of nitrogens with one attached hydrogen (secondary N) is 2. The second kappa shape index (κ2) is 9.97. The van der Waals surface area contributed by atoms with Gasteiger partial charge in [-0.25, -0.2) is 4.79 Å². The van der Waals surface area contributed by atoms with E-state index in [1.54, 1.807) is 0 Å². The minimum absolute atomic E-state index is 0.184. The van der Waals surface area contributed by atoms with E-state index in [9.17, 15) is 19.2 Å². The van der Waals surface area contributed by atoms with Crippen LogP contribution in [0.25, 0.3) is 0 Å². The van der Waals surface area contributed by atoms with Crippen molar-refractivity contribution in [2.45, 2.75) is 31.0 Å². The van der Waals surface area contributed by atoms with Crippen molar-refractivity contribution in [2.75, 3.05) is 12.4 Å². The molecule has 0 spiro atoms. The second-order valence-electron chi connectivity index (χ2n) is 4.36. The predicted molar refractivity (Wildman–Crippen MR) is 77.3 cm³/mol. The van der Waals surface area contributed by atoms with Crippen molar-refractivity contribution in [3.05, 3.63) is 0 Å². The number of amides is 2. The standard InChI is InChI=1S/C11H19N3O7S/c12-5(3-15)9(18)13-6(1-2-8(16)17)10(19)14-7(4-22)11(20)21/h5-7,15,22H,1-4,12H2,(H,13,18)(H,14,19)(H,16,17)(H,20,21)/t5-,6-,7-/m0/s1. The fourth-order valence-corrected chi connectivity index (χ4v) is 1.60. The summed E-state index contributed by atoms with van der Waals surface area (Å²) in [4.78, 5) is 44.9.